The highest BCUT2D eigenvalue weighted by Gasteiger charge is 2.14. The van der Waals surface area contributed by atoms with Gasteiger partial charge in [0.05, 0.1) is 11.2 Å². The molecule has 3 heteroatoms. The van der Waals surface area contributed by atoms with E-state index in [-0.39, 0.29) is 0 Å². The van der Waals surface area contributed by atoms with E-state index in [1.165, 1.54) is 20.2 Å². The molecule has 2 nitrogen and oxygen atoms in total. The first-order valence-corrected chi connectivity index (χ1v) is 10.4. The molecule has 0 bridgehead atoms. The molecule has 4 aromatic carbocycles. The maximum atomic E-state index is 5.00. The Morgan fingerprint density at radius 1 is 0.517 bits per heavy atom. The molecule has 0 aliphatic carbocycles. The lowest BCUT2D eigenvalue weighted by molar-refractivity contribution is 1.23. The van der Waals surface area contributed by atoms with Crippen LogP contribution >= 0.6 is 11.3 Å². The van der Waals surface area contributed by atoms with Gasteiger partial charge in [-0.3, -0.25) is 0 Å². The number of nitrogens with zero attached hydrogens (tertiary/aromatic N) is 2. The Hall–Kier alpha value is -3.56. The molecule has 0 saturated heterocycles. The van der Waals surface area contributed by atoms with Gasteiger partial charge in [0.1, 0.15) is 0 Å². The monoisotopic (exact) mass is 388 g/mol. The predicted octanol–water partition coefficient (Wildman–Crippen LogP) is 7.33. The first-order valence-electron chi connectivity index (χ1n) is 9.61. The van der Waals surface area contributed by atoms with Crippen LogP contribution in [0.1, 0.15) is 0 Å². The van der Waals surface area contributed by atoms with E-state index in [0.29, 0.717) is 0 Å². The smallest absolute Gasteiger partial charge is 0.160 e. The Morgan fingerprint density at radius 2 is 1.21 bits per heavy atom. The first kappa shape index (κ1) is 16.4. The predicted molar refractivity (Wildman–Crippen MR) is 123 cm³/mol. The van der Waals surface area contributed by atoms with Gasteiger partial charge in [-0.25, -0.2) is 9.97 Å². The van der Waals surface area contributed by atoms with Crippen LogP contribution in [0.2, 0.25) is 0 Å². The second kappa shape index (κ2) is 6.50. The molecule has 0 amide bonds. The summed E-state index contributed by atoms with van der Waals surface area (Å²) >= 11 is 1.82. The van der Waals surface area contributed by atoms with Crippen LogP contribution in [0.15, 0.2) is 97.1 Å². The van der Waals surface area contributed by atoms with E-state index in [4.69, 9.17) is 9.97 Å². The van der Waals surface area contributed by atoms with Gasteiger partial charge in [-0.2, -0.15) is 0 Å². The van der Waals surface area contributed by atoms with E-state index in [2.05, 4.69) is 72.8 Å². The van der Waals surface area contributed by atoms with Crippen molar-refractivity contribution in [3.8, 4) is 22.6 Å². The largest absolute Gasteiger partial charge is 0.228 e. The molecular formula is C26H16N2S. The van der Waals surface area contributed by atoms with E-state index in [1.54, 1.807) is 0 Å². The van der Waals surface area contributed by atoms with Gasteiger partial charge >= 0.3 is 0 Å². The first-order chi connectivity index (χ1) is 14.4. The summed E-state index contributed by atoms with van der Waals surface area (Å²) < 4.78 is 2.56. The highest BCUT2D eigenvalue weighted by Crippen LogP contribution is 2.38. The molecule has 0 aliphatic rings. The Kier molecular flexibility index (Phi) is 3.68. The summed E-state index contributed by atoms with van der Waals surface area (Å²) in [4.78, 5) is 9.95. The Labute approximate surface area is 172 Å². The van der Waals surface area contributed by atoms with Crippen molar-refractivity contribution in [2.45, 2.75) is 0 Å². The minimum Gasteiger partial charge on any atom is -0.228 e. The third kappa shape index (κ3) is 2.71. The molecule has 0 unspecified atom stereocenters. The maximum absolute atomic E-state index is 5.00. The van der Waals surface area contributed by atoms with Crippen LogP contribution in [0.4, 0.5) is 0 Å². The third-order valence-electron chi connectivity index (χ3n) is 5.27. The summed E-state index contributed by atoms with van der Waals surface area (Å²) in [6, 6.07) is 33.7. The highest BCUT2D eigenvalue weighted by atomic mass is 32.1. The van der Waals surface area contributed by atoms with Crippen molar-refractivity contribution in [1.82, 2.24) is 9.97 Å². The number of benzene rings is 4. The molecule has 2 aromatic heterocycles. The molecule has 6 aromatic rings. The van der Waals surface area contributed by atoms with Crippen LogP contribution in [0, 0.1) is 0 Å². The van der Waals surface area contributed by atoms with Gasteiger partial charge in [-0.15, -0.1) is 11.3 Å². The summed E-state index contributed by atoms with van der Waals surface area (Å²) in [7, 11) is 0. The molecule has 2 heterocycles. The lowest BCUT2D eigenvalue weighted by Crippen LogP contribution is -1.95. The SMILES string of the molecule is c1ccc(-c2nc(-c3ccccc3)c3cc4c(cc3n2)sc2ccccc24)cc1. The minimum atomic E-state index is 0.761. The molecule has 0 saturated carbocycles. The van der Waals surface area contributed by atoms with Crippen LogP contribution in [-0.2, 0) is 0 Å². The van der Waals surface area contributed by atoms with E-state index in [1.807, 2.05) is 35.6 Å². The molecule has 0 atom stereocenters. The minimum absolute atomic E-state index is 0.761. The normalized spacial score (nSPS) is 11.4. The lowest BCUT2D eigenvalue weighted by Gasteiger charge is -2.10. The van der Waals surface area contributed by atoms with Crippen LogP contribution in [-0.4, -0.2) is 9.97 Å². The van der Waals surface area contributed by atoms with Crippen molar-refractivity contribution in [3.05, 3.63) is 97.1 Å². The van der Waals surface area contributed by atoms with E-state index in [9.17, 15) is 0 Å². The molecule has 6 rings (SSSR count). The van der Waals surface area contributed by atoms with Gasteiger partial charge in [0, 0.05) is 36.7 Å². The molecular weight excluding hydrogens is 372 g/mol. The average Bonchev–Trinajstić information content (AvgIpc) is 3.15. The summed E-state index contributed by atoms with van der Waals surface area (Å²) in [5, 5.41) is 3.65. The maximum Gasteiger partial charge on any atom is 0.160 e. The fraction of sp³-hybridized carbons (Fsp3) is 0. The van der Waals surface area contributed by atoms with E-state index < -0.39 is 0 Å². The molecule has 0 aliphatic heterocycles. The van der Waals surface area contributed by atoms with Crippen molar-refractivity contribution < 1.29 is 0 Å². The summed E-state index contributed by atoms with van der Waals surface area (Å²) in [6.07, 6.45) is 0. The molecule has 0 N–H and O–H groups in total. The van der Waals surface area contributed by atoms with Crippen molar-refractivity contribution in [3.63, 3.8) is 0 Å². The van der Waals surface area contributed by atoms with Gasteiger partial charge in [-0.1, -0.05) is 78.9 Å². The van der Waals surface area contributed by atoms with Gasteiger partial charge in [0.2, 0.25) is 0 Å². The van der Waals surface area contributed by atoms with E-state index in [0.717, 1.165) is 33.5 Å². The van der Waals surface area contributed by atoms with Crippen molar-refractivity contribution in [2.75, 3.05) is 0 Å². The highest BCUT2D eigenvalue weighted by molar-refractivity contribution is 7.25. The van der Waals surface area contributed by atoms with Gasteiger partial charge in [-0.05, 0) is 18.2 Å². The Bertz CT molecular complexity index is 1490. The fourth-order valence-electron chi connectivity index (χ4n) is 3.88. The van der Waals surface area contributed by atoms with Crippen LogP contribution < -0.4 is 0 Å². The summed E-state index contributed by atoms with van der Waals surface area (Å²) in [5.74, 6) is 0.761. The van der Waals surface area contributed by atoms with E-state index >= 15 is 0 Å². The number of thiophene rings is 1. The van der Waals surface area contributed by atoms with Crippen molar-refractivity contribution >= 4 is 42.4 Å². The van der Waals surface area contributed by atoms with Gasteiger partial charge < -0.3 is 0 Å². The Morgan fingerprint density at radius 3 is 2.00 bits per heavy atom. The quantitative estimate of drug-likeness (QED) is 0.310. The zero-order chi connectivity index (χ0) is 19.2. The second-order valence-electron chi connectivity index (χ2n) is 7.09. The van der Waals surface area contributed by atoms with Crippen LogP contribution in [0.5, 0.6) is 0 Å². The Balaban J connectivity index is 1.73. The molecule has 0 spiro atoms. The molecule has 0 radical (unpaired) electrons. The molecule has 29 heavy (non-hydrogen) atoms. The fourth-order valence-corrected chi connectivity index (χ4v) is 5.00. The standard InChI is InChI=1S/C26H16N2S/c1-3-9-17(10-4-1)25-21-15-20-19-13-7-8-14-23(19)29-24(20)16-22(21)27-26(28-25)18-11-5-2-6-12-18/h1-16H. The number of hydrogen-bond donors (Lipinski definition) is 0. The molecule has 136 valence electrons. The zero-order valence-corrected chi connectivity index (χ0v) is 16.4. The van der Waals surface area contributed by atoms with Crippen molar-refractivity contribution in [1.29, 1.82) is 0 Å². The van der Waals surface area contributed by atoms with Crippen LogP contribution in [0.3, 0.4) is 0 Å². The number of hydrogen-bond acceptors (Lipinski definition) is 3. The zero-order valence-electron chi connectivity index (χ0n) is 15.5. The summed E-state index contributed by atoms with van der Waals surface area (Å²) in [5.41, 5.74) is 4.10. The van der Waals surface area contributed by atoms with Gasteiger partial charge in [0.15, 0.2) is 5.82 Å². The molecule has 0 fully saturated rings. The van der Waals surface area contributed by atoms with Gasteiger partial charge in [0.25, 0.3) is 0 Å². The second-order valence-corrected chi connectivity index (χ2v) is 8.18. The average molecular weight is 388 g/mol. The van der Waals surface area contributed by atoms with Crippen molar-refractivity contribution in [2.24, 2.45) is 0 Å². The topological polar surface area (TPSA) is 25.8 Å². The lowest BCUT2D eigenvalue weighted by atomic mass is 10.0. The third-order valence-corrected chi connectivity index (χ3v) is 6.41. The number of aromatic nitrogens is 2. The summed E-state index contributed by atoms with van der Waals surface area (Å²) in [6.45, 7) is 0. The van der Waals surface area contributed by atoms with Crippen LogP contribution in [0.25, 0.3) is 53.7 Å². The number of rotatable bonds is 2. The number of fused-ring (bicyclic) bond motifs is 4.